The SMILES string of the molecule is CC(C)SCc1ccccc1/C=C/C(=O)O. The van der Waals surface area contributed by atoms with Gasteiger partial charge in [-0.3, -0.25) is 0 Å². The van der Waals surface area contributed by atoms with Gasteiger partial charge in [-0.05, 0) is 22.5 Å². The molecule has 16 heavy (non-hydrogen) atoms. The Labute approximate surface area is 100 Å². The Hall–Kier alpha value is -1.22. The average molecular weight is 236 g/mol. The number of hydrogen-bond donors (Lipinski definition) is 1. The van der Waals surface area contributed by atoms with Crippen molar-refractivity contribution >= 4 is 23.8 Å². The second kappa shape index (κ2) is 6.38. The molecule has 1 aromatic carbocycles. The van der Waals surface area contributed by atoms with Crippen LogP contribution in [-0.2, 0) is 10.5 Å². The number of carbonyl (C=O) groups is 1. The lowest BCUT2D eigenvalue weighted by Gasteiger charge is -2.07. The van der Waals surface area contributed by atoms with Crippen LogP contribution < -0.4 is 0 Å². The third kappa shape index (κ3) is 4.53. The number of benzene rings is 1. The zero-order chi connectivity index (χ0) is 12.0. The van der Waals surface area contributed by atoms with Crippen LogP contribution in [0.3, 0.4) is 0 Å². The Morgan fingerprint density at radius 1 is 1.44 bits per heavy atom. The summed E-state index contributed by atoms with van der Waals surface area (Å²) >= 11 is 1.85. The molecule has 86 valence electrons. The van der Waals surface area contributed by atoms with Crippen LogP contribution in [0.4, 0.5) is 0 Å². The van der Waals surface area contributed by atoms with Crippen LogP contribution >= 0.6 is 11.8 Å². The van der Waals surface area contributed by atoms with Crippen molar-refractivity contribution in [3.63, 3.8) is 0 Å². The molecule has 1 N–H and O–H groups in total. The smallest absolute Gasteiger partial charge is 0.328 e. The van der Waals surface area contributed by atoms with Crippen molar-refractivity contribution in [1.82, 2.24) is 0 Å². The monoisotopic (exact) mass is 236 g/mol. The van der Waals surface area contributed by atoms with E-state index in [-0.39, 0.29) is 0 Å². The molecule has 0 atom stereocenters. The second-order valence-corrected chi connectivity index (χ2v) is 5.29. The molecule has 0 radical (unpaired) electrons. The molecule has 1 rings (SSSR count). The predicted octanol–water partition coefficient (Wildman–Crippen LogP) is 3.43. The maximum Gasteiger partial charge on any atom is 0.328 e. The van der Waals surface area contributed by atoms with Crippen LogP contribution in [-0.4, -0.2) is 16.3 Å². The van der Waals surface area contributed by atoms with Crippen LogP contribution in [0, 0.1) is 0 Å². The Morgan fingerprint density at radius 2 is 2.12 bits per heavy atom. The lowest BCUT2D eigenvalue weighted by atomic mass is 10.1. The molecule has 0 aromatic heterocycles. The van der Waals surface area contributed by atoms with Gasteiger partial charge in [0.1, 0.15) is 0 Å². The largest absolute Gasteiger partial charge is 0.478 e. The first-order valence-electron chi connectivity index (χ1n) is 5.20. The lowest BCUT2D eigenvalue weighted by molar-refractivity contribution is -0.131. The Balaban J connectivity index is 2.79. The van der Waals surface area contributed by atoms with Crippen LogP contribution in [0.1, 0.15) is 25.0 Å². The zero-order valence-corrected chi connectivity index (χ0v) is 10.3. The molecule has 0 aliphatic heterocycles. The molecule has 2 nitrogen and oxygen atoms in total. The summed E-state index contributed by atoms with van der Waals surface area (Å²) in [6, 6.07) is 7.88. The number of carboxylic acids is 1. The summed E-state index contributed by atoms with van der Waals surface area (Å²) in [5.74, 6) is 0.00366. The third-order valence-electron chi connectivity index (χ3n) is 2.03. The summed E-state index contributed by atoms with van der Waals surface area (Å²) < 4.78 is 0. The molecule has 1 aromatic rings. The Morgan fingerprint density at radius 3 is 2.75 bits per heavy atom. The van der Waals surface area contributed by atoms with Gasteiger partial charge in [0.25, 0.3) is 0 Å². The first kappa shape index (κ1) is 12.8. The fourth-order valence-corrected chi connectivity index (χ4v) is 2.02. The van der Waals surface area contributed by atoms with E-state index in [1.165, 1.54) is 11.6 Å². The van der Waals surface area contributed by atoms with E-state index < -0.39 is 5.97 Å². The Bertz CT molecular complexity index is 383. The summed E-state index contributed by atoms with van der Waals surface area (Å²) in [6.45, 7) is 4.31. The minimum Gasteiger partial charge on any atom is -0.478 e. The molecule has 0 heterocycles. The topological polar surface area (TPSA) is 37.3 Å². The zero-order valence-electron chi connectivity index (χ0n) is 9.51. The van der Waals surface area contributed by atoms with E-state index in [2.05, 4.69) is 13.8 Å². The predicted molar refractivity (Wildman–Crippen MR) is 69.5 cm³/mol. The number of thioether (sulfide) groups is 1. The Kier molecular flexibility index (Phi) is 5.12. The highest BCUT2D eigenvalue weighted by Gasteiger charge is 2.01. The third-order valence-corrected chi connectivity index (χ3v) is 3.18. The first-order chi connectivity index (χ1) is 7.59. The van der Waals surface area contributed by atoms with Crippen LogP contribution in [0.25, 0.3) is 6.08 Å². The highest BCUT2D eigenvalue weighted by atomic mass is 32.2. The normalized spacial score (nSPS) is 11.2. The van der Waals surface area contributed by atoms with Gasteiger partial charge in [0.05, 0.1) is 0 Å². The van der Waals surface area contributed by atoms with E-state index in [9.17, 15) is 4.79 Å². The highest BCUT2D eigenvalue weighted by molar-refractivity contribution is 7.99. The maximum absolute atomic E-state index is 10.5. The second-order valence-electron chi connectivity index (χ2n) is 3.73. The van der Waals surface area contributed by atoms with Crippen molar-refractivity contribution < 1.29 is 9.90 Å². The van der Waals surface area contributed by atoms with Crippen LogP contribution in [0.5, 0.6) is 0 Å². The van der Waals surface area contributed by atoms with Gasteiger partial charge in [0.2, 0.25) is 0 Å². The first-order valence-corrected chi connectivity index (χ1v) is 6.25. The molecule has 0 saturated carbocycles. The standard InChI is InChI=1S/C13H16O2S/c1-10(2)16-9-12-6-4-3-5-11(12)7-8-13(14)15/h3-8,10H,9H2,1-2H3,(H,14,15)/b8-7+. The fourth-order valence-electron chi connectivity index (χ4n) is 1.25. The summed E-state index contributed by atoms with van der Waals surface area (Å²) in [5, 5.41) is 9.17. The molecule has 0 spiro atoms. The summed E-state index contributed by atoms with van der Waals surface area (Å²) in [5.41, 5.74) is 2.16. The maximum atomic E-state index is 10.5. The van der Waals surface area contributed by atoms with Gasteiger partial charge < -0.3 is 5.11 Å². The molecule has 0 saturated heterocycles. The molecular formula is C13H16O2S. The molecule has 0 bridgehead atoms. The van der Waals surface area contributed by atoms with Gasteiger partial charge in [0.15, 0.2) is 0 Å². The molecule has 0 amide bonds. The summed E-state index contributed by atoms with van der Waals surface area (Å²) in [4.78, 5) is 10.5. The van der Waals surface area contributed by atoms with E-state index in [4.69, 9.17) is 5.11 Å². The molecule has 0 aliphatic rings. The minimum absolute atomic E-state index is 0.580. The van der Waals surface area contributed by atoms with Gasteiger partial charge in [-0.1, -0.05) is 38.1 Å². The van der Waals surface area contributed by atoms with Gasteiger partial charge >= 0.3 is 5.97 Å². The van der Waals surface area contributed by atoms with E-state index in [0.717, 1.165) is 11.3 Å². The van der Waals surface area contributed by atoms with Gasteiger partial charge in [0, 0.05) is 11.8 Å². The number of hydrogen-bond acceptors (Lipinski definition) is 2. The van der Waals surface area contributed by atoms with Crippen molar-refractivity contribution in [2.45, 2.75) is 24.9 Å². The summed E-state index contributed by atoms with van der Waals surface area (Å²) in [6.07, 6.45) is 2.83. The highest BCUT2D eigenvalue weighted by Crippen LogP contribution is 2.20. The van der Waals surface area contributed by atoms with Crippen molar-refractivity contribution in [2.75, 3.05) is 0 Å². The van der Waals surface area contributed by atoms with Gasteiger partial charge in [-0.2, -0.15) is 11.8 Å². The van der Waals surface area contributed by atoms with Crippen LogP contribution in [0.2, 0.25) is 0 Å². The van der Waals surface area contributed by atoms with Crippen molar-refractivity contribution in [2.24, 2.45) is 0 Å². The molecule has 0 fully saturated rings. The molecule has 0 unspecified atom stereocenters. The van der Waals surface area contributed by atoms with E-state index in [1.54, 1.807) is 6.08 Å². The van der Waals surface area contributed by atoms with E-state index in [1.807, 2.05) is 36.0 Å². The molecule has 0 aliphatic carbocycles. The van der Waals surface area contributed by atoms with Crippen molar-refractivity contribution in [3.05, 3.63) is 41.5 Å². The van der Waals surface area contributed by atoms with Crippen molar-refractivity contribution in [1.29, 1.82) is 0 Å². The lowest BCUT2D eigenvalue weighted by Crippen LogP contribution is -1.92. The van der Waals surface area contributed by atoms with Gasteiger partial charge in [-0.15, -0.1) is 0 Å². The van der Waals surface area contributed by atoms with Crippen molar-refractivity contribution in [3.8, 4) is 0 Å². The number of aliphatic carboxylic acids is 1. The summed E-state index contributed by atoms with van der Waals surface area (Å²) in [7, 11) is 0. The quantitative estimate of drug-likeness (QED) is 0.796. The van der Waals surface area contributed by atoms with Crippen LogP contribution in [0.15, 0.2) is 30.3 Å². The average Bonchev–Trinajstić information content (AvgIpc) is 2.24. The molecule has 3 heteroatoms. The van der Waals surface area contributed by atoms with Gasteiger partial charge in [-0.25, -0.2) is 4.79 Å². The number of rotatable bonds is 5. The molecular weight excluding hydrogens is 220 g/mol. The fraction of sp³-hybridized carbons (Fsp3) is 0.308. The minimum atomic E-state index is -0.911. The van der Waals surface area contributed by atoms with E-state index in [0.29, 0.717) is 5.25 Å². The van der Waals surface area contributed by atoms with E-state index >= 15 is 0 Å². The number of carboxylic acid groups (broad SMARTS) is 1.